The lowest BCUT2D eigenvalue weighted by molar-refractivity contribution is 0.222. The van der Waals surface area contributed by atoms with Gasteiger partial charge in [-0.15, -0.1) is 28.6 Å². The monoisotopic (exact) mass is 612 g/mol. The van der Waals surface area contributed by atoms with Crippen LogP contribution in [-0.4, -0.2) is 69.1 Å². The lowest BCUT2D eigenvalue weighted by Gasteiger charge is -2.32. The highest BCUT2D eigenvalue weighted by Crippen LogP contribution is 2.37. The molecule has 0 atom stereocenters. The summed E-state index contributed by atoms with van der Waals surface area (Å²) in [5, 5.41) is 2.85. The summed E-state index contributed by atoms with van der Waals surface area (Å²) in [5.74, 6) is 0.687. The Morgan fingerprint density at radius 3 is 2.64 bits per heavy atom. The number of ether oxygens (including phenoxy) is 1. The van der Waals surface area contributed by atoms with Crippen molar-refractivity contribution in [3.8, 4) is 5.75 Å². The number of aromatic nitrogens is 1. The summed E-state index contributed by atoms with van der Waals surface area (Å²) < 4.78 is 35.6. The molecule has 0 aliphatic carbocycles. The first-order valence-electron chi connectivity index (χ1n) is 11.3. The third-order valence-corrected chi connectivity index (χ3v) is 9.42. The summed E-state index contributed by atoms with van der Waals surface area (Å²) in [6.07, 6.45) is 7.12. The third-order valence-electron chi connectivity index (χ3n) is 5.88. The van der Waals surface area contributed by atoms with E-state index in [1.54, 1.807) is 44.3 Å². The predicted molar refractivity (Wildman–Crippen MR) is 153 cm³/mol. The minimum Gasteiger partial charge on any atom is -0.496 e. The molecule has 2 aromatic carbocycles. The summed E-state index contributed by atoms with van der Waals surface area (Å²) in [5.41, 5.74) is 0.852. The van der Waals surface area contributed by atoms with Gasteiger partial charge in [0.15, 0.2) is 0 Å². The Hall–Kier alpha value is -1.85. The second kappa shape index (κ2) is 12.6. The number of rotatable bonds is 8. The highest BCUT2D eigenvalue weighted by atomic mass is 79.9. The predicted octanol–water partition coefficient (Wildman–Crippen LogP) is 5.46. The number of benzene rings is 2. The van der Waals surface area contributed by atoms with E-state index in [0.29, 0.717) is 17.5 Å². The van der Waals surface area contributed by atoms with Gasteiger partial charge < -0.3 is 9.64 Å². The first kappa shape index (κ1) is 28.7. The van der Waals surface area contributed by atoms with Crippen LogP contribution >= 0.6 is 40.1 Å². The average molecular weight is 614 g/mol. The van der Waals surface area contributed by atoms with Crippen LogP contribution < -0.4 is 4.74 Å². The molecule has 1 aliphatic heterocycles. The molecule has 4 rings (SSSR count). The number of pyridine rings is 1. The van der Waals surface area contributed by atoms with Crippen LogP contribution in [-0.2, 0) is 16.6 Å². The molecule has 0 spiro atoms. The van der Waals surface area contributed by atoms with Gasteiger partial charge in [0.05, 0.1) is 12.0 Å². The van der Waals surface area contributed by atoms with Gasteiger partial charge in [-0.1, -0.05) is 0 Å². The first-order valence-corrected chi connectivity index (χ1v) is 14.4. The maximum Gasteiger partial charge on any atom is 0.283 e. The largest absolute Gasteiger partial charge is 0.496 e. The highest BCUT2D eigenvalue weighted by Gasteiger charge is 2.23. The van der Waals surface area contributed by atoms with E-state index in [9.17, 15) is 8.42 Å². The van der Waals surface area contributed by atoms with E-state index in [1.807, 2.05) is 30.2 Å². The van der Waals surface area contributed by atoms with E-state index in [-0.39, 0.29) is 17.3 Å². The van der Waals surface area contributed by atoms with Gasteiger partial charge in [-0.25, -0.2) is 0 Å². The fourth-order valence-corrected chi connectivity index (χ4v) is 6.82. The van der Waals surface area contributed by atoms with E-state index in [0.717, 1.165) is 41.4 Å². The zero-order valence-corrected chi connectivity index (χ0v) is 24.5. The Labute approximate surface area is 231 Å². The number of hydrogen-bond donors (Lipinski definition) is 0. The second-order valence-electron chi connectivity index (χ2n) is 8.73. The zero-order valence-electron chi connectivity index (χ0n) is 20.4. The Kier molecular flexibility index (Phi) is 10.1. The smallest absolute Gasteiger partial charge is 0.283 e. The molecule has 0 N–H and O–H groups in total. The van der Waals surface area contributed by atoms with Crippen LogP contribution in [0.5, 0.6) is 5.75 Å². The van der Waals surface area contributed by atoms with E-state index in [1.165, 1.54) is 16.6 Å². The summed E-state index contributed by atoms with van der Waals surface area (Å²) in [6.45, 7) is 2.51. The summed E-state index contributed by atoms with van der Waals surface area (Å²) in [6, 6.07) is 11.3. The average Bonchev–Trinajstić information content (AvgIpc) is 2.84. The molecule has 36 heavy (non-hydrogen) atoms. The van der Waals surface area contributed by atoms with Gasteiger partial charge in [-0.2, -0.15) is 8.42 Å². The summed E-state index contributed by atoms with van der Waals surface area (Å²) in [7, 11) is 1.31. The molecular weight excluding hydrogens is 584 g/mol. The molecule has 1 aliphatic rings. The van der Waals surface area contributed by atoms with Crippen molar-refractivity contribution < 1.29 is 13.2 Å². The van der Waals surface area contributed by atoms with Gasteiger partial charge in [-0.05, 0) is 83.6 Å². The van der Waals surface area contributed by atoms with Crippen LogP contribution in [0.4, 0.5) is 0 Å². The van der Waals surface area contributed by atoms with E-state index >= 15 is 0 Å². The molecule has 1 fully saturated rings. The molecule has 2 heterocycles. The Balaban J connectivity index is 0.00000361. The number of thioether (sulfide) groups is 1. The lowest BCUT2D eigenvalue weighted by Crippen LogP contribution is -2.34. The number of sulfonamides is 1. The van der Waals surface area contributed by atoms with Crippen molar-refractivity contribution in [2.45, 2.75) is 34.4 Å². The Morgan fingerprint density at radius 2 is 1.94 bits per heavy atom. The molecule has 0 bridgehead atoms. The third kappa shape index (κ3) is 7.13. The van der Waals surface area contributed by atoms with Crippen molar-refractivity contribution in [3.63, 3.8) is 0 Å². The van der Waals surface area contributed by atoms with Gasteiger partial charge in [-0.3, -0.25) is 9.88 Å². The maximum absolute atomic E-state index is 12.6. The fourth-order valence-electron chi connectivity index (χ4n) is 4.04. The zero-order chi connectivity index (χ0) is 25.0. The number of nitrogens with zero attached hydrogens (tertiary/aromatic N) is 4. The number of halogens is 2. The maximum atomic E-state index is 12.6. The molecule has 3 aromatic rings. The van der Waals surface area contributed by atoms with E-state index in [4.69, 9.17) is 4.74 Å². The first-order chi connectivity index (χ1) is 16.7. The van der Waals surface area contributed by atoms with E-state index < -0.39 is 10.0 Å². The number of piperidine rings is 1. The van der Waals surface area contributed by atoms with Gasteiger partial charge in [0, 0.05) is 58.6 Å². The fraction of sp³-hybridized carbons (Fsp3) is 0.360. The SMILES string of the molecule is COc1ccc(S(=O)(=O)N=CN(C)C)cc1CN1CCC(Sc2cc3ccncc3cc2Br)CC1.Cl. The molecule has 11 heteroatoms. The molecule has 194 valence electrons. The Morgan fingerprint density at radius 1 is 1.19 bits per heavy atom. The van der Waals surface area contributed by atoms with Crippen molar-refractivity contribution in [1.82, 2.24) is 14.8 Å². The molecule has 0 saturated carbocycles. The number of hydrogen-bond acceptors (Lipinski definition) is 6. The van der Waals surface area contributed by atoms with Crippen molar-refractivity contribution in [2.24, 2.45) is 4.40 Å². The van der Waals surface area contributed by atoms with Crippen molar-refractivity contribution in [1.29, 1.82) is 0 Å². The summed E-state index contributed by atoms with van der Waals surface area (Å²) in [4.78, 5) is 9.58. The second-order valence-corrected chi connectivity index (χ2v) is 12.6. The minimum absolute atomic E-state index is 0. The quantitative estimate of drug-likeness (QED) is 0.247. The van der Waals surface area contributed by atoms with Gasteiger partial charge >= 0.3 is 0 Å². The van der Waals surface area contributed by atoms with Crippen LogP contribution in [0.3, 0.4) is 0 Å². The standard InChI is InChI=1S/C25H29BrN4O3S2.ClH/c1-29(2)17-28-35(31,32)22-4-5-24(33-3)20(12-22)16-30-10-7-21(8-11-30)34-25-14-18-6-9-27-15-19(18)13-23(25)26;/h4-6,9,12-15,17,21H,7-8,10-11,16H2,1-3H3;1H. The summed E-state index contributed by atoms with van der Waals surface area (Å²) >= 11 is 5.64. The topological polar surface area (TPSA) is 75.1 Å². The van der Waals surface area contributed by atoms with Crippen molar-refractivity contribution in [2.75, 3.05) is 34.3 Å². The molecular formula is C25H30BrClN4O3S2. The van der Waals surface area contributed by atoms with Crippen LogP contribution in [0.15, 0.2) is 67.5 Å². The van der Waals surface area contributed by atoms with Gasteiger partial charge in [0.1, 0.15) is 12.1 Å². The molecule has 1 saturated heterocycles. The lowest BCUT2D eigenvalue weighted by atomic mass is 10.1. The minimum atomic E-state index is -3.76. The van der Waals surface area contributed by atoms with Gasteiger partial charge in [0.2, 0.25) is 0 Å². The van der Waals surface area contributed by atoms with Crippen LogP contribution in [0, 0.1) is 0 Å². The molecule has 0 unspecified atom stereocenters. The number of methoxy groups -OCH3 is 1. The molecule has 0 amide bonds. The molecule has 7 nitrogen and oxygen atoms in total. The number of fused-ring (bicyclic) bond motifs is 1. The molecule has 1 aromatic heterocycles. The van der Waals surface area contributed by atoms with Crippen LogP contribution in [0.2, 0.25) is 0 Å². The number of likely N-dealkylation sites (tertiary alicyclic amines) is 1. The normalized spacial score (nSPS) is 15.2. The Bertz CT molecular complexity index is 1330. The van der Waals surface area contributed by atoms with Crippen molar-refractivity contribution >= 4 is 67.2 Å². The van der Waals surface area contributed by atoms with Crippen molar-refractivity contribution in [3.05, 3.63) is 58.8 Å². The highest BCUT2D eigenvalue weighted by molar-refractivity contribution is 9.10. The molecule has 0 radical (unpaired) electrons. The van der Waals surface area contributed by atoms with Gasteiger partial charge in [0.25, 0.3) is 10.0 Å². The van der Waals surface area contributed by atoms with Crippen LogP contribution in [0.25, 0.3) is 10.8 Å². The van der Waals surface area contributed by atoms with Crippen LogP contribution in [0.1, 0.15) is 18.4 Å². The van der Waals surface area contributed by atoms with E-state index in [2.05, 4.69) is 42.3 Å².